The van der Waals surface area contributed by atoms with Gasteiger partial charge in [-0.1, -0.05) is 0 Å². The van der Waals surface area contributed by atoms with E-state index in [9.17, 15) is 9.18 Å². The monoisotopic (exact) mass is 338 g/mol. The summed E-state index contributed by atoms with van der Waals surface area (Å²) in [6, 6.07) is 1.73. The molecule has 1 aliphatic rings. The van der Waals surface area contributed by atoms with Gasteiger partial charge in [0.05, 0.1) is 18.9 Å². The first-order valence-electron chi connectivity index (χ1n) is 5.68. The van der Waals surface area contributed by atoms with Crippen molar-refractivity contribution in [3.05, 3.63) is 40.8 Å². The third-order valence-corrected chi connectivity index (χ3v) is 3.11. The quantitative estimate of drug-likeness (QED) is 0.833. The van der Waals surface area contributed by atoms with E-state index in [4.69, 9.17) is 4.74 Å². The van der Waals surface area contributed by atoms with Crippen LogP contribution in [0.15, 0.2) is 29.1 Å². The smallest absolute Gasteiger partial charge is 0.266 e. The second-order valence-corrected chi connectivity index (χ2v) is 4.98. The number of rotatable bonds is 2. The zero-order valence-electron chi connectivity index (χ0n) is 10.1. The molecule has 8 heteroatoms. The van der Waals surface area contributed by atoms with Gasteiger partial charge in [-0.05, 0) is 22.0 Å². The summed E-state index contributed by atoms with van der Waals surface area (Å²) in [5.74, 6) is 0.459. The summed E-state index contributed by atoms with van der Waals surface area (Å²) < 4.78 is 18.9. The Bertz CT molecular complexity index is 665. The van der Waals surface area contributed by atoms with Crippen molar-refractivity contribution in [1.29, 1.82) is 0 Å². The van der Waals surface area contributed by atoms with E-state index in [-0.39, 0.29) is 19.1 Å². The lowest BCUT2D eigenvalue weighted by molar-refractivity contribution is -0.121. The van der Waals surface area contributed by atoms with Crippen molar-refractivity contribution < 1.29 is 13.9 Å². The number of nitrogens with zero attached hydrogens (tertiary/aromatic N) is 4. The molecule has 0 atom stereocenters. The summed E-state index contributed by atoms with van der Waals surface area (Å²) in [5, 5.41) is 0. The largest absolute Gasteiger partial charge is 0.480 e. The van der Waals surface area contributed by atoms with Gasteiger partial charge in [-0.15, -0.1) is 0 Å². The second-order valence-electron chi connectivity index (χ2n) is 4.06. The predicted molar refractivity (Wildman–Crippen MR) is 70.6 cm³/mol. The van der Waals surface area contributed by atoms with E-state index in [0.717, 1.165) is 16.9 Å². The highest BCUT2D eigenvalue weighted by molar-refractivity contribution is 9.10. The SMILES string of the molecule is O=C1COc2cc(Br)cnc2N1Cc1ncc(F)cn1. The topological polar surface area (TPSA) is 68.2 Å². The molecule has 3 heterocycles. The molecule has 0 fully saturated rings. The maximum atomic E-state index is 12.8. The summed E-state index contributed by atoms with van der Waals surface area (Å²) in [5.41, 5.74) is 0. The minimum absolute atomic E-state index is 0.0771. The van der Waals surface area contributed by atoms with Gasteiger partial charge >= 0.3 is 0 Å². The van der Waals surface area contributed by atoms with Gasteiger partial charge in [-0.3, -0.25) is 9.69 Å². The van der Waals surface area contributed by atoms with Crippen LogP contribution < -0.4 is 9.64 Å². The van der Waals surface area contributed by atoms with Crippen LogP contribution in [0, 0.1) is 5.82 Å². The number of hydrogen-bond acceptors (Lipinski definition) is 5. The average molecular weight is 339 g/mol. The van der Waals surface area contributed by atoms with E-state index in [1.165, 1.54) is 4.90 Å². The summed E-state index contributed by atoms with van der Waals surface area (Å²) in [6.45, 7) is 0.0381. The molecule has 0 radical (unpaired) electrons. The highest BCUT2D eigenvalue weighted by Gasteiger charge is 2.27. The van der Waals surface area contributed by atoms with Gasteiger partial charge in [0.15, 0.2) is 24.0 Å². The molecule has 1 aliphatic heterocycles. The Balaban J connectivity index is 1.93. The molecule has 1 amide bonds. The van der Waals surface area contributed by atoms with Crippen LogP contribution in [0.2, 0.25) is 0 Å². The predicted octanol–water partition coefficient (Wildman–Crippen LogP) is 1.70. The minimum atomic E-state index is -0.524. The number of aromatic nitrogens is 3. The minimum Gasteiger partial charge on any atom is -0.480 e. The van der Waals surface area contributed by atoms with Gasteiger partial charge in [0.25, 0.3) is 5.91 Å². The van der Waals surface area contributed by atoms with E-state index in [2.05, 4.69) is 30.9 Å². The Labute approximate surface area is 121 Å². The molecule has 0 aromatic carbocycles. The van der Waals surface area contributed by atoms with Crippen molar-refractivity contribution in [1.82, 2.24) is 15.0 Å². The van der Waals surface area contributed by atoms with E-state index < -0.39 is 5.82 Å². The Morgan fingerprint density at radius 3 is 2.80 bits per heavy atom. The summed E-state index contributed by atoms with van der Waals surface area (Å²) >= 11 is 3.29. The lowest BCUT2D eigenvalue weighted by atomic mass is 10.3. The fraction of sp³-hybridized carbons (Fsp3) is 0.167. The first kappa shape index (κ1) is 12.9. The summed E-state index contributed by atoms with van der Waals surface area (Å²) in [4.78, 5) is 25.2. The van der Waals surface area contributed by atoms with Crippen LogP contribution in [0.4, 0.5) is 10.2 Å². The number of carbonyl (C=O) groups is 1. The number of pyridine rings is 1. The molecule has 2 aromatic heterocycles. The number of carbonyl (C=O) groups excluding carboxylic acids is 1. The highest BCUT2D eigenvalue weighted by atomic mass is 79.9. The Morgan fingerprint density at radius 2 is 2.05 bits per heavy atom. The van der Waals surface area contributed by atoms with E-state index in [0.29, 0.717) is 17.4 Å². The maximum Gasteiger partial charge on any atom is 0.266 e. The Hall–Kier alpha value is -2.09. The number of anilines is 1. The number of hydrogen-bond donors (Lipinski definition) is 0. The van der Waals surface area contributed by atoms with Crippen LogP contribution in [0.1, 0.15) is 5.82 Å². The number of ether oxygens (including phenoxy) is 1. The molecule has 3 rings (SSSR count). The van der Waals surface area contributed by atoms with Gasteiger partial charge < -0.3 is 4.74 Å². The Kier molecular flexibility index (Phi) is 3.31. The molecule has 0 unspecified atom stereocenters. The van der Waals surface area contributed by atoms with E-state index in [1.807, 2.05) is 0 Å². The summed E-state index contributed by atoms with van der Waals surface area (Å²) in [7, 11) is 0. The van der Waals surface area contributed by atoms with Gasteiger partial charge in [0.2, 0.25) is 0 Å². The van der Waals surface area contributed by atoms with Crippen LogP contribution in [0.25, 0.3) is 0 Å². The molecule has 20 heavy (non-hydrogen) atoms. The molecule has 0 spiro atoms. The molecule has 6 nitrogen and oxygen atoms in total. The van der Waals surface area contributed by atoms with Crippen molar-refractivity contribution >= 4 is 27.7 Å². The number of fused-ring (bicyclic) bond motifs is 1. The van der Waals surface area contributed by atoms with Gasteiger partial charge in [0.1, 0.15) is 5.82 Å². The molecule has 0 saturated carbocycles. The van der Waals surface area contributed by atoms with Crippen molar-refractivity contribution in [3.8, 4) is 5.75 Å². The average Bonchev–Trinajstić information content (AvgIpc) is 2.44. The van der Waals surface area contributed by atoms with Crippen LogP contribution in [-0.4, -0.2) is 27.5 Å². The van der Waals surface area contributed by atoms with Crippen LogP contribution in [0.5, 0.6) is 5.75 Å². The van der Waals surface area contributed by atoms with Crippen LogP contribution >= 0.6 is 15.9 Å². The normalized spacial score (nSPS) is 13.9. The highest BCUT2D eigenvalue weighted by Crippen LogP contribution is 2.32. The fourth-order valence-electron chi connectivity index (χ4n) is 1.78. The molecule has 0 aliphatic carbocycles. The molecule has 2 aromatic rings. The first-order valence-corrected chi connectivity index (χ1v) is 6.48. The maximum absolute atomic E-state index is 12.8. The van der Waals surface area contributed by atoms with Gasteiger partial charge in [-0.2, -0.15) is 0 Å². The van der Waals surface area contributed by atoms with Crippen molar-refractivity contribution in [2.75, 3.05) is 11.5 Å². The zero-order chi connectivity index (χ0) is 14.1. The molecule has 0 bridgehead atoms. The third-order valence-electron chi connectivity index (χ3n) is 2.68. The Morgan fingerprint density at radius 1 is 1.30 bits per heavy atom. The first-order chi connectivity index (χ1) is 9.63. The molecule has 0 saturated heterocycles. The number of amides is 1. The van der Waals surface area contributed by atoms with Crippen LogP contribution in [-0.2, 0) is 11.3 Å². The molecule has 0 N–H and O–H groups in total. The zero-order valence-corrected chi connectivity index (χ0v) is 11.7. The third kappa shape index (κ3) is 2.46. The number of halogens is 2. The lowest BCUT2D eigenvalue weighted by Crippen LogP contribution is -2.39. The second kappa shape index (κ2) is 5.12. The van der Waals surface area contributed by atoms with Crippen molar-refractivity contribution in [2.45, 2.75) is 6.54 Å². The summed E-state index contributed by atoms with van der Waals surface area (Å²) in [6.07, 6.45) is 3.69. The van der Waals surface area contributed by atoms with Crippen LogP contribution in [0.3, 0.4) is 0 Å². The van der Waals surface area contributed by atoms with Crippen molar-refractivity contribution in [2.24, 2.45) is 0 Å². The lowest BCUT2D eigenvalue weighted by Gasteiger charge is -2.27. The molecular weight excluding hydrogens is 331 g/mol. The fourth-order valence-corrected chi connectivity index (χ4v) is 2.09. The molecule has 102 valence electrons. The van der Waals surface area contributed by atoms with Gasteiger partial charge in [0, 0.05) is 10.7 Å². The molecular formula is C12H8BrFN4O2. The van der Waals surface area contributed by atoms with Gasteiger partial charge in [-0.25, -0.2) is 19.3 Å². The standard InChI is InChI=1S/C12H8BrFN4O2/c13-7-1-9-12(17-2-7)18(11(19)6-20-9)5-10-15-3-8(14)4-16-10/h1-4H,5-6H2. The van der Waals surface area contributed by atoms with E-state index in [1.54, 1.807) is 12.3 Å². The van der Waals surface area contributed by atoms with E-state index >= 15 is 0 Å². The van der Waals surface area contributed by atoms with Crippen molar-refractivity contribution in [3.63, 3.8) is 0 Å².